The molecule has 0 atom stereocenters. The first-order valence-corrected chi connectivity index (χ1v) is 20.1. The van der Waals surface area contributed by atoms with E-state index in [1.165, 1.54) is 120 Å². The van der Waals surface area contributed by atoms with E-state index >= 15 is 0 Å². The summed E-state index contributed by atoms with van der Waals surface area (Å²) in [6.07, 6.45) is 0. The quantitative estimate of drug-likeness (QED) is 0.159. The van der Waals surface area contributed by atoms with Gasteiger partial charge in [-0.2, -0.15) is 0 Å². The maximum absolute atomic E-state index is 2.47. The molecule has 266 valence electrons. The molecular weight excluding hydrogens is 685 g/mol. The minimum absolute atomic E-state index is 0.118. The fourth-order valence-electron chi connectivity index (χ4n) is 10.4. The Balaban J connectivity index is 0.964. The van der Waals surface area contributed by atoms with Crippen molar-refractivity contribution in [2.75, 3.05) is 0 Å². The van der Waals surface area contributed by atoms with E-state index in [1.807, 2.05) is 0 Å². The minimum Gasteiger partial charge on any atom is -0.0616 e. The Morgan fingerprint density at radius 1 is 0.263 bits per heavy atom. The molecule has 0 aliphatic heterocycles. The van der Waals surface area contributed by atoms with Gasteiger partial charge in [0.15, 0.2) is 0 Å². The Morgan fingerprint density at radius 3 is 1.54 bits per heavy atom. The highest BCUT2D eigenvalue weighted by molar-refractivity contribution is 6.23. The van der Waals surface area contributed by atoms with Gasteiger partial charge in [-0.15, -0.1) is 0 Å². The predicted molar refractivity (Wildman–Crippen MR) is 245 cm³/mol. The van der Waals surface area contributed by atoms with Gasteiger partial charge in [0.25, 0.3) is 0 Å². The van der Waals surface area contributed by atoms with E-state index in [2.05, 4.69) is 208 Å². The molecule has 12 rings (SSSR count). The molecule has 0 unspecified atom stereocenters. The second-order valence-corrected chi connectivity index (χ2v) is 16.4. The summed E-state index contributed by atoms with van der Waals surface area (Å²) in [6.45, 7) is 4.82. The molecular formula is C57H38. The van der Waals surface area contributed by atoms with Crippen molar-refractivity contribution in [3.63, 3.8) is 0 Å². The van der Waals surface area contributed by atoms with Crippen LogP contribution in [-0.4, -0.2) is 0 Å². The summed E-state index contributed by atoms with van der Waals surface area (Å²) in [4.78, 5) is 0. The molecule has 1 aliphatic rings. The average Bonchev–Trinajstić information content (AvgIpc) is 3.51. The molecule has 0 aromatic heterocycles. The number of hydrogen-bond acceptors (Lipinski definition) is 0. The Bertz CT molecular complexity index is 3490. The first kappa shape index (κ1) is 32.2. The van der Waals surface area contributed by atoms with Crippen molar-refractivity contribution in [3.8, 4) is 44.5 Å². The second kappa shape index (κ2) is 12.0. The molecule has 0 nitrogen and oxygen atoms in total. The van der Waals surface area contributed by atoms with Crippen LogP contribution in [0.25, 0.3) is 109 Å². The van der Waals surface area contributed by atoms with Gasteiger partial charge in [-0.05, 0) is 151 Å². The van der Waals surface area contributed by atoms with Gasteiger partial charge < -0.3 is 0 Å². The maximum atomic E-state index is 2.47. The lowest BCUT2D eigenvalue weighted by Crippen LogP contribution is -2.16. The van der Waals surface area contributed by atoms with Crippen LogP contribution in [0.1, 0.15) is 25.0 Å². The van der Waals surface area contributed by atoms with E-state index in [-0.39, 0.29) is 5.41 Å². The van der Waals surface area contributed by atoms with Crippen LogP contribution in [0, 0.1) is 0 Å². The highest BCUT2D eigenvalue weighted by atomic mass is 14.4. The molecule has 0 amide bonds. The standard InChI is InChI=1S/C57H38/c1-57(2)55-45-17-6-4-13-36(45)28-29-50(55)53-34-52(47-19-8-10-21-49(47)56(53)57)41-15-11-14-37(31-41)38-23-24-40-32-42(26-25-39(40)30-38)51-33-43-27-22-35-12-3-5-16-44(35)54(43)48-20-9-7-18-46(48)51/h3-34H,1-2H3. The van der Waals surface area contributed by atoms with Crippen LogP contribution in [0.15, 0.2) is 194 Å². The summed E-state index contributed by atoms with van der Waals surface area (Å²) >= 11 is 0. The lowest BCUT2D eigenvalue weighted by molar-refractivity contribution is 0.672. The number of fused-ring (bicyclic) bond motifs is 13. The van der Waals surface area contributed by atoms with Crippen molar-refractivity contribution in [2.24, 2.45) is 0 Å². The molecule has 0 spiro atoms. The first-order valence-electron chi connectivity index (χ1n) is 20.1. The molecule has 11 aromatic rings. The van der Waals surface area contributed by atoms with E-state index in [9.17, 15) is 0 Å². The Labute approximate surface area is 332 Å². The summed E-state index contributed by atoms with van der Waals surface area (Å²) in [7, 11) is 0. The van der Waals surface area contributed by atoms with E-state index in [4.69, 9.17) is 0 Å². The van der Waals surface area contributed by atoms with Crippen molar-refractivity contribution < 1.29 is 0 Å². The van der Waals surface area contributed by atoms with Gasteiger partial charge in [0.1, 0.15) is 0 Å². The van der Waals surface area contributed by atoms with Crippen molar-refractivity contribution in [3.05, 3.63) is 205 Å². The van der Waals surface area contributed by atoms with Crippen LogP contribution < -0.4 is 0 Å². The zero-order valence-electron chi connectivity index (χ0n) is 32.0. The molecule has 0 saturated carbocycles. The van der Waals surface area contributed by atoms with Crippen LogP contribution in [-0.2, 0) is 5.41 Å². The number of hydrogen-bond donors (Lipinski definition) is 0. The minimum atomic E-state index is -0.118. The Kier molecular flexibility index (Phi) is 6.78. The van der Waals surface area contributed by atoms with Gasteiger partial charge in [-0.3, -0.25) is 0 Å². The van der Waals surface area contributed by atoms with Crippen molar-refractivity contribution >= 4 is 64.6 Å². The monoisotopic (exact) mass is 722 g/mol. The van der Waals surface area contributed by atoms with Crippen LogP contribution in [0.4, 0.5) is 0 Å². The summed E-state index contributed by atoms with van der Waals surface area (Å²) < 4.78 is 0. The fraction of sp³-hybridized carbons (Fsp3) is 0.0526. The van der Waals surface area contributed by atoms with Crippen molar-refractivity contribution in [2.45, 2.75) is 19.3 Å². The van der Waals surface area contributed by atoms with Crippen LogP contribution in [0.5, 0.6) is 0 Å². The van der Waals surface area contributed by atoms with Gasteiger partial charge in [-0.25, -0.2) is 0 Å². The normalized spacial score (nSPS) is 13.2. The molecule has 0 bridgehead atoms. The smallest absolute Gasteiger partial charge is 0.0171 e. The molecule has 0 fully saturated rings. The highest BCUT2D eigenvalue weighted by Crippen LogP contribution is 2.55. The predicted octanol–water partition coefficient (Wildman–Crippen LogP) is 15.9. The Morgan fingerprint density at radius 2 is 0.754 bits per heavy atom. The van der Waals surface area contributed by atoms with E-state index in [0.717, 1.165) is 0 Å². The second-order valence-electron chi connectivity index (χ2n) is 16.4. The van der Waals surface area contributed by atoms with E-state index < -0.39 is 0 Å². The van der Waals surface area contributed by atoms with Crippen LogP contribution >= 0.6 is 0 Å². The zero-order chi connectivity index (χ0) is 37.8. The first-order chi connectivity index (χ1) is 28.0. The van der Waals surface area contributed by atoms with Gasteiger partial charge in [0, 0.05) is 5.41 Å². The van der Waals surface area contributed by atoms with Gasteiger partial charge >= 0.3 is 0 Å². The van der Waals surface area contributed by atoms with Gasteiger partial charge in [0.05, 0.1) is 0 Å². The third-order valence-corrected chi connectivity index (χ3v) is 12.9. The molecule has 11 aromatic carbocycles. The summed E-state index contributed by atoms with van der Waals surface area (Å²) in [5.41, 5.74) is 13.0. The molecule has 1 aliphatic carbocycles. The summed E-state index contributed by atoms with van der Waals surface area (Å²) in [5.74, 6) is 0. The van der Waals surface area contributed by atoms with Crippen molar-refractivity contribution in [1.82, 2.24) is 0 Å². The summed E-state index contributed by atoms with van der Waals surface area (Å²) in [5, 5.41) is 15.6. The van der Waals surface area contributed by atoms with Crippen molar-refractivity contribution in [1.29, 1.82) is 0 Å². The third kappa shape index (κ3) is 4.74. The lowest BCUT2D eigenvalue weighted by Gasteiger charge is -2.25. The fourth-order valence-corrected chi connectivity index (χ4v) is 10.4. The average molecular weight is 723 g/mol. The number of rotatable bonds is 3. The van der Waals surface area contributed by atoms with Gasteiger partial charge in [-0.1, -0.05) is 178 Å². The summed E-state index contributed by atoms with van der Waals surface area (Å²) in [6, 6.07) is 72.6. The maximum Gasteiger partial charge on any atom is 0.0171 e. The lowest BCUT2D eigenvalue weighted by atomic mass is 9.78. The zero-order valence-corrected chi connectivity index (χ0v) is 32.0. The molecule has 57 heavy (non-hydrogen) atoms. The van der Waals surface area contributed by atoms with E-state index in [1.54, 1.807) is 0 Å². The van der Waals surface area contributed by atoms with E-state index in [0.29, 0.717) is 0 Å². The molecule has 0 heterocycles. The number of benzene rings is 11. The SMILES string of the molecule is CC1(C)c2c(ccc3ccccc23)-c2cc(-c3cccc(-c4ccc5cc(-c6cc7ccc8ccccc8c7c7ccccc67)ccc5c4)c3)c3ccccc3c21. The molecule has 0 heteroatoms. The Hall–Kier alpha value is -7.02. The highest BCUT2D eigenvalue weighted by Gasteiger charge is 2.38. The topological polar surface area (TPSA) is 0 Å². The van der Waals surface area contributed by atoms with Crippen LogP contribution in [0.2, 0.25) is 0 Å². The third-order valence-electron chi connectivity index (χ3n) is 12.9. The molecule has 0 radical (unpaired) electrons. The molecule has 0 saturated heterocycles. The molecule has 0 N–H and O–H groups in total. The van der Waals surface area contributed by atoms with Crippen LogP contribution in [0.3, 0.4) is 0 Å². The largest absolute Gasteiger partial charge is 0.0616 e. The van der Waals surface area contributed by atoms with Gasteiger partial charge in [0.2, 0.25) is 0 Å².